The molecule has 0 aromatic carbocycles. The summed E-state index contributed by atoms with van der Waals surface area (Å²) >= 11 is 2.05. The van der Waals surface area contributed by atoms with Gasteiger partial charge in [0.1, 0.15) is 0 Å². The van der Waals surface area contributed by atoms with Crippen LogP contribution in [0.2, 0.25) is 0 Å². The molecule has 19 heavy (non-hydrogen) atoms. The molecule has 1 unspecified atom stereocenters. The first-order valence-electron chi connectivity index (χ1n) is 5.90. The number of hydrogen-bond acceptors (Lipinski definition) is 6. The number of carbonyl (C=O) groups is 2. The van der Waals surface area contributed by atoms with Gasteiger partial charge >= 0.3 is 0 Å². The van der Waals surface area contributed by atoms with Crippen LogP contribution < -0.4 is 10.2 Å². The number of nitrogens with zero attached hydrogens (tertiary/aromatic N) is 1. The summed E-state index contributed by atoms with van der Waals surface area (Å²) in [6, 6.07) is 4.19. The molecule has 1 rings (SSSR count). The van der Waals surface area contributed by atoms with E-state index >= 15 is 0 Å². The van der Waals surface area contributed by atoms with Crippen molar-refractivity contribution in [3.05, 3.63) is 30.1 Å². The molecule has 0 saturated heterocycles. The molecule has 106 valence electrons. The van der Waals surface area contributed by atoms with Gasteiger partial charge in [0.05, 0.1) is 11.9 Å². The van der Waals surface area contributed by atoms with E-state index in [0.29, 0.717) is 0 Å². The average Bonchev–Trinajstić information content (AvgIpc) is 2.40. The molecule has 0 spiro atoms. The third kappa shape index (κ3) is 10.1. The number of carbonyl (C=O) groups excluding carboxylic acids is 2. The average molecular weight is 283 g/mol. The molecular formula is C13H17NO4S-2. The van der Waals surface area contributed by atoms with Crippen molar-refractivity contribution in [2.75, 3.05) is 5.75 Å². The lowest BCUT2D eigenvalue weighted by atomic mass is 10.2. The molecule has 0 fully saturated rings. The van der Waals surface area contributed by atoms with E-state index < -0.39 is 11.9 Å². The van der Waals surface area contributed by atoms with Gasteiger partial charge in [0.15, 0.2) is 0 Å². The maximum atomic E-state index is 8.93. The van der Waals surface area contributed by atoms with Gasteiger partial charge in [0.25, 0.3) is 0 Å². The monoisotopic (exact) mass is 283 g/mol. The Bertz CT molecular complexity index is 371. The van der Waals surface area contributed by atoms with Gasteiger partial charge in [-0.3, -0.25) is 4.98 Å². The van der Waals surface area contributed by atoms with E-state index in [-0.39, 0.29) is 0 Å². The summed E-state index contributed by atoms with van der Waals surface area (Å²) in [5.41, 5.74) is 1.39. The summed E-state index contributed by atoms with van der Waals surface area (Å²) in [4.78, 5) is 21.8. The number of carboxylic acids is 2. The smallest absolute Gasteiger partial charge is 0.0870 e. The predicted octanol–water partition coefficient (Wildman–Crippen LogP) is -0.358. The van der Waals surface area contributed by atoms with Gasteiger partial charge in [-0.05, 0) is 36.3 Å². The van der Waals surface area contributed by atoms with Crippen LogP contribution in [0, 0.1) is 0 Å². The van der Waals surface area contributed by atoms with E-state index in [9.17, 15) is 0 Å². The molecule has 0 saturated carbocycles. The molecule has 1 heterocycles. The molecule has 0 radical (unpaired) electrons. The van der Waals surface area contributed by atoms with Gasteiger partial charge in [0.2, 0.25) is 0 Å². The van der Waals surface area contributed by atoms with Crippen LogP contribution >= 0.6 is 11.8 Å². The van der Waals surface area contributed by atoms with Crippen molar-refractivity contribution in [1.82, 2.24) is 4.98 Å². The fourth-order valence-corrected chi connectivity index (χ4v) is 2.04. The Morgan fingerprint density at radius 1 is 1.26 bits per heavy atom. The summed E-state index contributed by atoms with van der Waals surface area (Å²) in [5.74, 6) is -3.15. The second-order valence-electron chi connectivity index (χ2n) is 3.77. The summed E-state index contributed by atoms with van der Waals surface area (Å²) in [5, 5.41) is 18.6. The third-order valence-electron chi connectivity index (χ3n) is 2.28. The van der Waals surface area contributed by atoms with Crippen LogP contribution in [0.5, 0.6) is 0 Å². The normalized spacial score (nSPS) is 11.1. The Balaban J connectivity index is 0.000000459. The number of carboxylic acid groups (broad SMARTS) is 2. The number of aromatic nitrogens is 1. The first-order chi connectivity index (χ1) is 8.97. The molecule has 1 atom stereocenters. The van der Waals surface area contributed by atoms with Gasteiger partial charge in [-0.1, -0.05) is 13.8 Å². The lowest BCUT2D eigenvalue weighted by Crippen LogP contribution is -2.42. The van der Waals surface area contributed by atoms with Crippen molar-refractivity contribution >= 4 is 23.7 Å². The maximum Gasteiger partial charge on any atom is 0.0870 e. The van der Waals surface area contributed by atoms with E-state index in [1.54, 1.807) is 0 Å². The summed E-state index contributed by atoms with van der Waals surface area (Å²) in [7, 11) is 0. The molecule has 0 aliphatic carbocycles. The molecule has 6 heteroatoms. The third-order valence-corrected chi connectivity index (χ3v) is 3.63. The Kier molecular flexibility index (Phi) is 9.52. The highest BCUT2D eigenvalue weighted by molar-refractivity contribution is 7.99. The second-order valence-corrected chi connectivity index (χ2v) is 5.32. The number of aryl methyl sites for hydroxylation is 1. The molecule has 0 bridgehead atoms. The lowest BCUT2D eigenvalue weighted by Gasteiger charge is -2.07. The van der Waals surface area contributed by atoms with Gasteiger partial charge < -0.3 is 19.8 Å². The Labute approximate surface area is 117 Å². The first-order valence-corrected chi connectivity index (χ1v) is 6.95. The van der Waals surface area contributed by atoms with Gasteiger partial charge in [0, 0.05) is 17.6 Å². The number of thioether (sulfide) groups is 1. The van der Waals surface area contributed by atoms with Crippen LogP contribution in [0.1, 0.15) is 25.8 Å². The van der Waals surface area contributed by atoms with Crippen LogP contribution in [0.3, 0.4) is 0 Å². The van der Waals surface area contributed by atoms with E-state index in [0.717, 1.165) is 11.7 Å². The quantitative estimate of drug-likeness (QED) is 0.685. The van der Waals surface area contributed by atoms with Crippen LogP contribution in [0.15, 0.2) is 24.5 Å². The molecule has 0 amide bonds. The van der Waals surface area contributed by atoms with Crippen LogP contribution in [-0.2, 0) is 16.0 Å². The van der Waals surface area contributed by atoms with Crippen molar-refractivity contribution in [2.24, 2.45) is 0 Å². The minimum Gasteiger partial charge on any atom is -0.543 e. The summed E-state index contributed by atoms with van der Waals surface area (Å²) in [6.45, 7) is 4.53. The molecule has 0 aliphatic heterocycles. The topological polar surface area (TPSA) is 93.2 Å². The standard InChI is InChI=1S/C11H17NS.C2H2O4/c1-3-10(2)13-9-6-11-4-7-12-8-5-11;3-1(4)2(5)6/h4-5,7-8,10H,3,6,9H2,1-2H3;(H,3,4)(H,5,6)/p-2. The summed E-state index contributed by atoms with van der Waals surface area (Å²) < 4.78 is 0. The van der Waals surface area contributed by atoms with Crippen molar-refractivity contribution in [2.45, 2.75) is 31.9 Å². The van der Waals surface area contributed by atoms with Crippen molar-refractivity contribution in [1.29, 1.82) is 0 Å². The summed E-state index contributed by atoms with van der Waals surface area (Å²) in [6.07, 6.45) is 6.16. The van der Waals surface area contributed by atoms with Crippen LogP contribution in [0.4, 0.5) is 0 Å². The number of aliphatic carboxylic acids is 2. The zero-order valence-corrected chi connectivity index (χ0v) is 11.8. The van der Waals surface area contributed by atoms with Crippen molar-refractivity contribution in [3.8, 4) is 0 Å². The van der Waals surface area contributed by atoms with Gasteiger partial charge in [-0.2, -0.15) is 11.8 Å². The molecule has 0 aliphatic rings. The number of rotatable bonds is 5. The van der Waals surface area contributed by atoms with E-state index in [4.69, 9.17) is 19.8 Å². The number of hydrogen-bond donors (Lipinski definition) is 0. The Morgan fingerprint density at radius 3 is 2.21 bits per heavy atom. The highest BCUT2D eigenvalue weighted by Crippen LogP contribution is 2.14. The highest BCUT2D eigenvalue weighted by Gasteiger charge is 1.98. The van der Waals surface area contributed by atoms with Crippen LogP contribution in [-0.4, -0.2) is 27.9 Å². The van der Waals surface area contributed by atoms with Gasteiger partial charge in [-0.25, -0.2) is 0 Å². The highest BCUT2D eigenvalue weighted by atomic mass is 32.2. The first kappa shape index (κ1) is 17.4. The van der Waals surface area contributed by atoms with Crippen LogP contribution in [0.25, 0.3) is 0 Å². The molecule has 5 nitrogen and oxygen atoms in total. The largest absolute Gasteiger partial charge is 0.543 e. The zero-order chi connectivity index (χ0) is 14.7. The lowest BCUT2D eigenvalue weighted by molar-refractivity contribution is -0.345. The second kappa shape index (κ2) is 10.4. The fraction of sp³-hybridized carbons (Fsp3) is 0.462. The van der Waals surface area contributed by atoms with Crippen molar-refractivity contribution in [3.63, 3.8) is 0 Å². The molecule has 1 aromatic rings. The zero-order valence-electron chi connectivity index (χ0n) is 11.0. The minimum atomic E-state index is -2.19. The fourth-order valence-electron chi connectivity index (χ4n) is 1.05. The van der Waals surface area contributed by atoms with E-state index in [2.05, 4.69) is 42.7 Å². The molecular weight excluding hydrogens is 266 g/mol. The Hall–Kier alpha value is -1.56. The molecule has 0 N–H and O–H groups in total. The predicted molar refractivity (Wildman–Crippen MR) is 70.2 cm³/mol. The minimum absolute atomic E-state index is 0.793. The molecule has 1 aromatic heterocycles. The number of pyridine rings is 1. The van der Waals surface area contributed by atoms with Gasteiger partial charge in [-0.15, -0.1) is 0 Å². The SMILES string of the molecule is CCC(C)SCCc1ccncc1.O=C([O-])C(=O)[O-]. The maximum absolute atomic E-state index is 8.93. The van der Waals surface area contributed by atoms with Crippen molar-refractivity contribution < 1.29 is 19.8 Å². The van der Waals surface area contributed by atoms with E-state index in [1.807, 2.05) is 12.4 Å². The Morgan fingerprint density at radius 2 is 1.79 bits per heavy atom. The van der Waals surface area contributed by atoms with E-state index in [1.165, 1.54) is 17.7 Å².